The largest absolute Gasteiger partial charge is 0.392 e. The van der Waals surface area contributed by atoms with Crippen molar-refractivity contribution in [1.82, 2.24) is 9.55 Å². The molecule has 0 unspecified atom stereocenters. The van der Waals surface area contributed by atoms with E-state index >= 15 is 0 Å². The second-order valence-corrected chi connectivity index (χ2v) is 2.30. The third kappa shape index (κ3) is 3.30. The molecule has 1 N–H and O–H groups in total. The number of imidazole rings is 1. The maximum absolute atomic E-state index is 10.4. The Kier molecular flexibility index (Phi) is 7.75. The third-order valence-electron chi connectivity index (χ3n) is 1.54. The summed E-state index contributed by atoms with van der Waals surface area (Å²) in [4.78, 5) is 13.6. The maximum atomic E-state index is 10.4. The minimum Gasteiger partial charge on any atom is -0.392 e. The van der Waals surface area contributed by atoms with Gasteiger partial charge in [0.25, 0.3) is 0 Å². The van der Waals surface area contributed by atoms with Crippen molar-refractivity contribution in [2.45, 2.75) is 13.5 Å². The standard InChI is InChI=1S/C6H9N3O3.Fe.H2S/c1-5-7-4-6(9(11)12)8(5)2-3-10;;/h4,10H,2-3H2,1H3;;1H2. The van der Waals surface area contributed by atoms with Crippen LogP contribution in [0.25, 0.3) is 0 Å². The fourth-order valence-corrected chi connectivity index (χ4v) is 0.978. The van der Waals surface area contributed by atoms with Crippen molar-refractivity contribution in [1.29, 1.82) is 0 Å². The van der Waals surface area contributed by atoms with Crippen LogP contribution < -0.4 is 0 Å². The summed E-state index contributed by atoms with van der Waals surface area (Å²) in [6, 6.07) is 0. The molecule has 1 aromatic rings. The fourth-order valence-electron chi connectivity index (χ4n) is 0.978. The number of aromatic nitrogens is 2. The molecule has 1 rings (SSSR count). The van der Waals surface area contributed by atoms with E-state index < -0.39 is 4.92 Å². The van der Waals surface area contributed by atoms with Crippen LogP contribution in [0.4, 0.5) is 5.82 Å². The minimum absolute atomic E-state index is 0. The van der Waals surface area contributed by atoms with Gasteiger partial charge < -0.3 is 15.2 Å². The van der Waals surface area contributed by atoms with Crippen LogP contribution >= 0.6 is 13.5 Å². The molecule has 1 aromatic heterocycles. The molecule has 0 saturated heterocycles. The number of aliphatic hydroxyl groups excluding tert-OH is 1. The second kappa shape index (κ2) is 6.83. The fraction of sp³-hybridized carbons (Fsp3) is 0.500. The maximum Gasteiger partial charge on any atom is 0.342 e. The predicted octanol–water partition coefficient (Wildman–Crippen LogP) is 0.202. The van der Waals surface area contributed by atoms with Gasteiger partial charge in [-0.1, -0.05) is 0 Å². The molecule has 0 aliphatic heterocycles. The first kappa shape index (κ1) is 15.9. The van der Waals surface area contributed by atoms with Gasteiger partial charge in [-0.15, -0.1) is 0 Å². The van der Waals surface area contributed by atoms with Crippen LogP contribution in [0, 0.1) is 17.0 Å². The van der Waals surface area contributed by atoms with Crippen molar-refractivity contribution < 1.29 is 27.1 Å². The van der Waals surface area contributed by atoms with Gasteiger partial charge >= 0.3 is 5.82 Å². The van der Waals surface area contributed by atoms with Crippen molar-refractivity contribution in [2.24, 2.45) is 0 Å². The van der Waals surface area contributed by atoms with Gasteiger partial charge in [-0.25, -0.2) is 9.55 Å². The molecular weight excluding hydrogens is 250 g/mol. The smallest absolute Gasteiger partial charge is 0.342 e. The van der Waals surface area contributed by atoms with Crippen LogP contribution in [0.3, 0.4) is 0 Å². The van der Waals surface area contributed by atoms with E-state index in [9.17, 15) is 10.1 Å². The summed E-state index contributed by atoms with van der Waals surface area (Å²) >= 11 is 0. The van der Waals surface area contributed by atoms with Crippen LogP contribution in [-0.4, -0.2) is 26.2 Å². The van der Waals surface area contributed by atoms with E-state index in [1.54, 1.807) is 6.92 Å². The van der Waals surface area contributed by atoms with Gasteiger partial charge in [0.15, 0.2) is 5.82 Å². The third-order valence-corrected chi connectivity index (χ3v) is 1.54. The number of nitrogens with zero attached hydrogens (tertiary/aromatic N) is 3. The monoisotopic (exact) mass is 261 g/mol. The summed E-state index contributed by atoms with van der Waals surface area (Å²) in [5, 5.41) is 19.0. The van der Waals surface area contributed by atoms with Crippen LogP contribution in [0.2, 0.25) is 0 Å². The summed E-state index contributed by atoms with van der Waals surface area (Å²) < 4.78 is 1.36. The van der Waals surface area contributed by atoms with Crippen molar-refractivity contribution in [3.8, 4) is 0 Å². The SMILES string of the molecule is Cc1ncc([N+](=O)[O-])n1CCO.S.[Fe]. The van der Waals surface area contributed by atoms with E-state index in [1.807, 2.05) is 0 Å². The van der Waals surface area contributed by atoms with Gasteiger partial charge in [0, 0.05) is 24.0 Å². The number of hydrogen-bond acceptors (Lipinski definition) is 4. The molecule has 0 spiro atoms. The van der Waals surface area contributed by atoms with E-state index in [-0.39, 0.29) is 49.5 Å². The van der Waals surface area contributed by atoms with Crippen molar-refractivity contribution in [3.05, 3.63) is 22.1 Å². The Morgan fingerprint density at radius 1 is 1.71 bits per heavy atom. The molecule has 82 valence electrons. The number of hydrogen-bond donors (Lipinski definition) is 1. The Morgan fingerprint density at radius 2 is 2.29 bits per heavy atom. The molecule has 14 heavy (non-hydrogen) atoms. The van der Waals surface area contributed by atoms with E-state index in [1.165, 1.54) is 10.8 Å². The van der Waals surface area contributed by atoms with Crippen molar-refractivity contribution in [2.75, 3.05) is 6.61 Å². The zero-order valence-electron chi connectivity index (χ0n) is 7.45. The quantitative estimate of drug-likeness (QED) is 0.479. The molecule has 0 amide bonds. The van der Waals surface area contributed by atoms with E-state index in [0.717, 1.165) is 0 Å². The number of rotatable bonds is 3. The number of aliphatic hydroxyl groups is 1. The van der Waals surface area contributed by atoms with Gasteiger partial charge in [-0.3, -0.25) is 0 Å². The summed E-state index contributed by atoms with van der Waals surface area (Å²) in [5.41, 5.74) is 0. The first-order valence-corrected chi connectivity index (χ1v) is 3.44. The Morgan fingerprint density at radius 3 is 2.71 bits per heavy atom. The molecule has 0 fully saturated rings. The summed E-state index contributed by atoms with van der Waals surface area (Å²) in [7, 11) is 0. The molecule has 0 aliphatic carbocycles. The van der Waals surface area contributed by atoms with Crippen LogP contribution in [-0.2, 0) is 23.6 Å². The molecule has 0 saturated carbocycles. The molecule has 0 bridgehead atoms. The Labute approximate surface area is 98.4 Å². The van der Waals surface area contributed by atoms with E-state index in [4.69, 9.17) is 5.11 Å². The second-order valence-electron chi connectivity index (χ2n) is 2.30. The first-order chi connectivity index (χ1) is 5.66. The van der Waals surface area contributed by atoms with Gasteiger partial charge in [0.1, 0.15) is 12.7 Å². The zero-order valence-corrected chi connectivity index (χ0v) is 9.55. The summed E-state index contributed by atoms with van der Waals surface area (Å²) in [6.07, 6.45) is 1.19. The van der Waals surface area contributed by atoms with Gasteiger partial charge in [0.2, 0.25) is 0 Å². The average molecular weight is 261 g/mol. The molecule has 0 aliphatic rings. The van der Waals surface area contributed by atoms with Gasteiger partial charge in [0.05, 0.1) is 6.61 Å². The molecular formula is C6H11FeN3O3S. The van der Waals surface area contributed by atoms with Crippen LogP contribution in [0.15, 0.2) is 6.20 Å². The molecule has 1 heterocycles. The van der Waals surface area contributed by atoms with E-state index in [0.29, 0.717) is 5.82 Å². The van der Waals surface area contributed by atoms with E-state index in [2.05, 4.69) is 4.98 Å². The molecule has 0 radical (unpaired) electrons. The zero-order chi connectivity index (χ0) is 9.14. The molecule has 6 nitrogen and oxygen atoms in total. The molecule has 8 heteroatoms. The minimum atomic E-state index is -0.518. The summed E-state index contributed by atoms with van der Waals surface area (Å²) in [6.45, 7) is 1.74. The van der Waals surface area contributed by atoms with Gasteiger partial charge in [-0.2, -0.15) is 13.5 Å². The topological polar surface area (TPSA) is 81.2 Å². The molecule has 0 atom stereocenters. The molecule has 0 aromatic carbocycles. The number of nitro groups is 1. The first-order valence-electron chi connectivity index (χ1n) is 3.44. The van der Waals surface area contributed by atoms with Crippen LogP contribution in [0.5, 0.6) is 0 Å². The van der Waals surface area contributed by atoms with Crippen molar-refractivity contribution >= 4 is 19.3 Å². The Balaban J connectivity index is 0. The Bertz CT molecular complexity index is 305. The normalized spacial score (nSPS) is 8.71. The predicted molar refractivity (Wildman–Crippen MR) is 51.1 cm³/mol. The van der Waals surface area contributed by atoms with Crippen molar-refractivity contribution in [3.63, 3.8) is 0 Å². The average Bonchev–Trinajstić information content (AvgIpc) is 2.34. The summed E-state index contributed by atoms with van der Waals surface area (Å²) in [5.74, 6) is 0.456. The number of aryl methyl sites for hydroxylation is 1. The van der Waals surface area contributed by atoms with Crippen LogP contribution in [0.1, 0.15) is 5.82 Å². The van der Waals surface area contributed by atoms with Gasteiger partial charge in [-0.05, 0) is 4.92 Å². The Hall–Kier alpha value is -0.561.